The first kappa shape index (κ1) is 22.5. The van der Waals surface area contributed by atoms with Crippen molar-refractivity contribution in [3.8, 4) is 0 Å². The van der Waals surface area contributed by atoms with Gasteiger partial charge in [0.1, 0.15) is 11.6 Å². The Hall–Kier alpha value is -3.26. The molecule has 3 heterocycles. The lowest BCUT2D eigenvalue weighted by Gasteiger charge is -2.30. The number of hydrogen-bond donors (Lipinski definition) is 0. The van der Waals surface area contributed by atoms with Crippen LogP contribution < -0.4 is 9.80 Å². The monoisotopic (exact) mass is 463 g/mol. The maximum Gasteiger partial charge on any atom is 0.253 e. The number of carbonyl (C=O) groups is 1. The summed E-state index contributed by atoms with van der Waals surface area (Å²) >= 11 is 0. The van der Waals surface area contributed by atoms with E-state index in [-0.39, 0.29) is 17.8 Å². The van der Waals surface area contributed by atoms with Crippen molar-refractivity contribution < 1.29 is 13.9 Å². The van der Waals surface area contributed by atoms with Gasteiger partial charge in [0.05, 0.1) is 36.5 Å². The van der Waals surface area contributed by atoms with Crippen LogP contribution in [-0.4, -0.2) is 67.7 Å². The molecule has 1 aromatic heterocycles. The van der Waals surface area contributed by atoms with E-state index in [1.54, 1.807) is 37.3 Å². The molecule has 0 radical (unpaired) electrons. The third-order valence-electron chi connectivity index (χ3n) is 6.62. The van der Waals surface area contributed by atoms with E-state index >= 15 is 0 Å². The van der Waals surface area contributed by atoms with Gasteiger partial charge < -0.3 is 19.4 Å². The number of benzene rings is 2. The van der Waals surface area contributed by atoms with Gasteiger partial charge >= 0.3 is 0 Å². The van der Waals surface area contributed by atoms with E-state index in [2.05, 4.69) is 9.80 Å². The number of nitrogens with zero attached hydrogens (tertiary/aromatic N) is 5. The van der Waals surface area contributed by atoms with Crippen molar-refractivity contribution in [2.24, 2.45) is 0 Å². The second-order valence-electron chi connectivity index (χ2n) is 9.30. The SMILES string of the molecule is Cc1cc(F)cc(N2CCCC2c2cc(C(=O)N(C)C)cc3ncc(N4CCOCC4)nc23)c1. The molecule has 1 amide bonds. The summed E-state index contributed by atoms with van der Waals surface area (Å²) in [7, 11) is 3.49. The number of ether oxygens (including phenoxy) is 1. The van der Waals surface area contributed by atoms with Gasteiger partial charge in [0.2, 0.25) is 0 Å². The number of morpholine rings is 1. The van der Waals surface area contributed by atoms with Crippen molar-refractivity contribution in [2.45, 2.75) is 25.8 Å². The summed E-state index contributed by atoms with van der Waals surface area (Å²) in [6, 6.07) is 8.91. The first-order valence-corrected chi connectivity index (χ1v) is 11.8. The van der Waals surface area contributed by atoms with E-state index in [0.29, 0.717) is 24.3 Å². The van der Waals surface area contributed by atoms with Crippen LogP contribution in [0.3, 0.4) is 0 Å². The van der Waals surface area contributed by atoms with Gasteiger partial charge in [-0.25, -0.2) is 9.37 Å². The van der Waals surface area contributed by atoms with Gasteiger partial charge in [-0.1, -0.05) is 0 Å². The molecular formula is C26H30FN5O2. The van der Waals surface area contributed by atoms with Crippen molar-refractivity contribution in [1.82, 2.24) is 14.9 Å². The minimum Gasteiger partial charge on any atom is -0.378 e. The van der Waals surface area contributed by atoms with Crippen LogP contribution in [0.2, 0.25) is 0 Å². The number of rotatable bonds is 4. The molecule has 1 unspecified atom stereocenters. The molecule has 0 N–H and O–H groups in total. The fourth-order valence-corrected chi connectivity index (χ4v) is 4.99. The Morgan fingerprint density at radius 1 is 1.12 bits per heavy atom. The molecule has 8 heteroatoms. The third kappa shape index (κ3) is 4.30. The first-order chi connectivity index (χ1) is 16.4. The number of halogens is 1. The minimum atomic E-state index is -0.239. The Morgan fingerprint density at radius 2 is 1.91 bits per heavy atom. The van der Waals surface area contributed by atoms with Crippen LogP contribution in [-0.2, 0) is 4.74 Å². The van der Waals surface area contributed by atoms with Crippen LogP contribution >= 0.6 is 0 Å². The zero-order valence-corrected chi connectivity index (χ0v) is 19.9. The molecule has 2 aliphatic rings. The van der Waals surface area contributed by atoms with Gasteiger partial charge in [-0.15, -0.1) is 0 Å². The lowest BCUT2D eigenvalue weighted by Crippen LogP contribution is -2.36. The maximum absolute atomic E-state index is 14.3. The molecular weight excluding hydrogens is 433 g/mol. The number of fused-ring (bicyclic) bond motifs is 1. The quantitative estimate of drug-likeness (QED) is 0.584. The zero-order valence-electron chi connectivity index (χ0n) is 19.9. The Labute approximate surface area is 199 Å². The summed E-state index contributed by atoms with van der Waals surface area (Å²) in [4.78, 5) is 28.6. The molecule has 5 rings (SSSR count). The third-order valence-corrected chi connectivity index (χ3v) is 6.62. The normalized spacial score (nSPS) is 18.5. The highest BCUT2D eigenvalue weighted by atomic mass is 19.1. The molecule has 0 bridgehead atoms. The summed E-state index contributed by atoms with van der Waals surface area (Å²) < 4.78 is 19.8. The van der Waals surface area contributed by atoms with Crippen molar-refractivity contribution in [2.75, 3.05) is 56.7 Å². The predicted molar refractivity (Wildman–Crippen MR) is 131 cm³/mol. The number of amides is 1. The summed E-state index contributed by atoms with van der Waals surface area (Å²) in [6.07, 6.45) is 3.65. The molecule has 2 saturated heterocycles. The van der Waals surface area contributed by atoms with Gasteiger partial charge in [0.25, 0.3) is 5.91 Å². The Bertz CT molecular complexity index is 1210. The van der Waals surface area contributed by atoms with Crippen LogP contribution in [0, 0.1) is 12.7 Å². The van der Waals surface area contributed by atoms with Crippen LogP contribution in [0.25, 0.3) is 11.0 Å². The number of aromatic nitrogens is 2. The molecule has 1 atom stereocenters. The van der Waals surface area contributed by atoms with E-state index in [1.165, 1.54) is 0 Å². The second kappa shape index (κ2) is 9.18. The van der Waals surface area contributed by atoms with E-state index in [0.717, 1.165) is 60.6 Å². The average molecular weight is 464 g/mol. The zero-order chi connectivity index (χ0) is 23.8. The van der Waals surface area contributed by atoms with E-state index in [1.807, 2.05) is 25.1 Å². The summed E-state index contributed by atoms with van der Waals surface area (Å²) in [5.41, 5.74) is 4.78. The number of aryl methyl sites for hydroxylation is 1. The molecule has 0 saturated carbocycles. The number of carbonyl (C=O) groups excluding carboxylic acids is 1. The lowest BCUT2D eigenvalue weighted by molar-refractivity contribution is 0.0827. The van der Waals surface area contributed by atoms with Gasteiger partial charge in [-0.3, -0.25) is 9.78 Å². The predicted octanol–water partition coefficient (Wildman–Crippen LogP) is 3.96. The van der Waals surface area contributed by atoms with Gasteiger partial charge in [-0.05, 0) is 55.7 Å². The van der Waals surface area contributed by atoms with Crippen LogP contribution in [0.1, 0.15) is 40.4 Å². The molecule has 7 nitrogen and oxygen atoms in total. The smallest absolute Gasteiger partial charge is 0.253 e. The highest BCUT2D eigenvalue weighted by Crippen LogP contribution is 2.40. The topological polar surface area (TPSA) is 61.8 Å². The lowest BCUT2D eigenvalue weighted by atomic mass is 9.98. The Morgan fingerprint density at radius 3 is 2.65 bits per heavy atom. The largest absolute Gasteiger partial charge is 0.378 e. The first-order valence-electron chi connectivity index (χ1n) is 11.8. The molecule has 2 aromatic carbocycles. The average Bonchev–Trinajstić information content (AvgIpc) is 3.32. The summed E-state index contributed by atoms with van der Waals surface area (Å²) in [6.45, 7) is 5.59. The highest BCUT2D eigenvalue weighted by molar-refractivity contribution is 5.98. The summed E-state index contributed by atoms with van der Waals surface area (Å²) in [5, 5.41) is 0. The van der Waals surface area contributed by atoms with Crippen LogP contribution in [0.4, 0.5) is 15.9 Å². The molecule has 178 valence electrons. The van der Waals surface area contributed by atoms with Gasteiger partial charge in [-0.2, -0.15) is 0 Å². The van der Waals surface area contributed by atoms with Crippen molar-refractivity contribution >= 4 is 28.4 Å². The number of hydrogen-bond acceptors (Lipinski definition) is 6. The van der Waals surface area contributed by atoms with Gasteiger partial charge in [0, 0.05) is 50.5 Å². The van der Waals surface area contributed by atoms with Crippen molar-refractivity contribution in [3.05, 3.63) is 59.0 Å². The minimum absolute atomic E-state index is 0.0205. The van der Waals surface area contributed by atoms with Crippen molar-refractivity contribution in [3.63, 3.8) is 0 Å². The second-order valence-corrected chi connectivity index (χ2v) is 9.30. The fourth-order valence-electron chi connectivity index (χ4n) is 4.99. The highest BCUT2D eigenvalue weighted by Gasteiger charge is 2.30. The molecule has 0 spiro atoms. The molecule has 2 fully saturated rings. The van der Waals surface area contributed by atoms with E-state index in [9.17, 15) is 9.18 Å². The molecule has 34 heavy (non-hydrogen) atoms. The van der Waals surface area contributed by atoms with E-state index in [4.69, 9.17) is 14.7 Å². The van der Waals surface area contributed by atoms with Gasteiger partial charge in [0.15, 0.2) is 0 Å². The van der Waals surface area contributed by atoms with Crippen LogP contribution in [0.5, 0.6) is 0 Å². The Kier molecular flexibility index (Phi) is 6.08. The van der Waals surface area contributed by atoms with Crippen LogP contribution in [0.15, 0.2) is 36.5 Å². The molecule has 3 aromatic rings. The fraction of sp³-hybridized carbons (Fsp3) is 0.423. The standard InChI is InChI=1S/C26H30FN5O2/c1-17-11-19(27)15-20(12-17)32-6-4-5-23(32)21-13-18(26(33)30(2)3)14-22-25(21)29-24(16-28-22)31-7-9-34-10-8-31/h11-16,23H,4-10H2,1-3H3. The van der Waals surface area contributed by atoms with Crippen molar-refractivity contribution in [1.29, 1.82) is 0 Å². The van der Waals surface area contributed by atoms with E-state index < -0.39 is 0 Å². The Balaban J connectivity index is 1.64. The maximum atomic E-state index is 14.3. The molecule has 2 aliphatic heterocycles. The summed E-state index contributed by atoms with van der Waals surface area (Å²) in [5.74, 6) is 0.500. The number of anilines is 2. The molecule has 0 aliphatic carbocycles.